The van der Waals surface area contributed by atoms with Crippen molar-refractivity contribution in [1.29, 1.82) is 0 Å². The molecule has 0 bridgehead atoms. The maximum atomic E-state index is 12.8. The zero-order valence-electron chi connectivity index (χ0n) is 15.0. The maximum Gasteiger partial charge on any atom is 0.410 e. The highest BCUT2D eigenvalue weighted by Crippen LogP contribution is 2.37. The number of amides is 1. The van der Waals surface area contributed by atoms with Gasteiger partial charge in [0.1, 0.15) is 6.61 Å². The SMILES string of the molecule is O=C(OCc1ccccc1)N1Cc2ccccc2C1CSc1ccccc1. The molecule has 3 aromatic carbocycles. The molecule has 0 aliphatic carbocycles. The van der Waals surface area contributed by atoms with Gasteiger partial charge in [0.05, 0.1) is 12.6 Å². The number of thioether (sulfide) groups is 1. The number of hydrogen-bond acceptors (Lipinski definition) is 3. The number of carbonyl (C=O) groups is 1. The molecule has 0 saturated heterocycles. The lowest BCUT2D eigenvalue weighted by Crippen LogP contribution is -2.31. The number of hydrogen-bond donors (Lipinski definition) is 0. The molecule has 0 aromatic heterocycles. The largest absolute Gasteiger partial charge is 0.445 e. The van der Waals surface area contributed by atoms with Gasteiger partial charge in [-0.25, -0.2) is 4.79 Å². The average Bonchev–Trinajstić information content (AvgIpc) is 3.11. The molecular formula is C23H21NO2S. The Morgan fingerprint density at radius 1 is 0.926 bits per heavy atom. The Bertz CT molecular complexity index is 899. The number of ether oxygens (including phenoxy) is 1. The van der Waals surface area contributed by atoms with Gasteiger partial charge in [-0.2, -0.15) is 0 Å². The number of carbonyl (C=O) groups excluding carboxylic acids is 1. The minimum absolute atomic E-state index is 0.0229. The molecule has 1 amide bonds. The smallest absolute Gasteiger partial charge is 0.410 e. The molecule has 1 heterocycles. The molecule has 1 unspecified atom stereocenters. The number of benzene rings is 3. The quantitative estimate of drug-likeness (QED) is 0.538. The fourth-order valence-electron chi connectivity index (χ4n) is 3.33. The molecule has 1 aliphatic heterocycles. The Morgan fingerprint density at radius 3 is 2.37 bits per heavy atom. The first-order chi connectivity index (χ1) is 13.3. The summed E-state index contributed by atoms with van der Waals surface area (Å²) in [6.45, 7) is 0.898. The van der Waals surface area contributed by atoms with E-state index in [4.69, 9.17) is 4.74 Å². The van der Waals surface area contributed by atoms with E-state index < -0.39 is 0 Å². The van der Waals surface area contributed by atoms with Crippen LogP contribution in [0.2, 0.25) is 0 Å². The van der Waals surface area contributed by atoms with Crippen molar-refractivity contribution < 1.29 is 9.53 Å². The van der Waals surface area contributed by atoms with Crippen LogP contribution in [0, 0.1) is 0 Å². The van der Waals surface area contributed by atoms with Gasteiger partial charge in [-0.05, 0) is 28.8 Å². The van der Waals surface area contributed by atoms with Crippen LogP contribution in [0.1, 0.15) is 22.7 Å². The Hall–Kier alpha value is -2.72. The molecule has 27 heavy (non-hydrogen) atoms. The van der Waals surface area contributed by atoms with Crippen molar-refractivity contribution >= 4 is 17.9 Å². The lowest BCUT2D eigenvalue weighted by Gasteiger charge is -2.24. The first kappa shape index (κ1) is 17.7. The number of fused-ring (bicyclic) bond motifs is 1. The van der Waals surface area contributed by atoms with Crippen LogP contribution in [0.3, 0.4) is 0 Å². The zero-order valence-corrected chi connectivity index (χ0v) is 15.8. The predicted molar refractivity (Wildman–Crippen MR) is 109 cm³/mol. The summed E-state index contributed by atoms with van der Waals surface area (Å²) in [6, 6.07) is 28.4. The summed E-state index contributed by atoms with van der Waals surface area (Å²) < 4.78 is 5.60. The zero-order chi connectivity index (χ0) is 18.5. The van der Waals surface area contributed by atoms with Gasteiger partial charge in [-0.1, -0.05) is 72.8 Å². The second-order valence-electron chi connectivity index (χ2n) is 6.51. The van der Waals surface area contributed by atoms with E-state index in [1.54, 1.807) is 11.8 Å². The summed E-state index contributed by atoms with van der Waals surface area (Å²) in [6.07, 6.45) is -0.256. The van der Waals surface area contributed by atoms with Crippen LogP contribution in [-0.2, 0) is 17.9 Å². The van der Waals surface area contributed by atoms with E-state index in [1.165, 1.54) is 16.0 Å². The van der Waals surface area contributed by atoms with Crippen molar-refractivity contribution in [3.8, 4) is 0 Å². The van der Waals surface area contributed by atoms with E-state index in [-0.39, 0.29) is 12.1 Å². The highest BCUT2D eigenvalue weighted by molar-refractivity contribution is 7.99. The minimum atomic E-state index is -0.256. The van der Waals surface area contributed by atoms with Crippen molar-refractivity contribution in [2.24, 2.45) is 0 Å². The molecule has 0 spiro atoms. The van der Waals surface area contributed by atoms with E-state index in [1.807, 2.05) is 65.6 Å². The van der Waals surface area contributed by atoms with Gasteiger partial charge in [-0.15, -0.1) is 11.8 Å². The first-order valence-corrected chi connectivity index (χ1v) is 10.0. The highest BCUT2D eigenvalue weighted by atomic mass is 32.2. The summed E-state index contributed by atoms with van der Waals surface area (Å²) in [5, 5.41) is 0. The fraction of sp³-hybridized carbons (Fsp3) is 0.174. The van der Waals surface area contributed by atoms with E-state index in [9.17, 15) is 4.79 Å². The predicted octanol–water partition coefficient (Wildman–Crippen LogP) is 5.67. The van der Waals surface area contributed by atoms with Gasteiger partial charge in [0.2, 0.25) is 0 Å². The summed E-state index contributed by atoms with van der Waals surface area (Å²) in [5.41, 5.74) is 3.42. The van der Waals surface area contributed by atoms with Crippen LogP contribution in [0.25, 0.3) is 0 Å². The molecule has 4 heteroatoms. The van der Waals surface area contributed by atoms with Crippen LogP contribution in [0.4, 0.5) is 4.79 Å². The van der Waals surface area contributed by atoms with Crippen LogP contribution < -0.4 is 0 Å². The molecule has 0 N–H and O–H groups in total. The van der Waals surface area contributed by atoms with E-state index in [0.717, 1.165) is 11.3 Å². The lowest BCUT2D eigenvalue weighted by molar-refractivity contribution is 0.0866. The van der Waals surface area contributed by atoms with Crippen molar-refractivity contribution in [3.63, 3.8) is 0 Å². The van der Waals surface area contributed by atoms with E-state index in [2.05, 4.69) is 24.3 Å². The Morgan fingerprint density at radius 2 is 1.59 bits per heavy atom. The summed E-state index contributed by atoms with van der Waals surface area (Å²) in [7, 11) is 0. The van der Waals surface area contributed by atoms with E-state index >= 15 is 0 Å². The third-order valence-corrected chi connectivity index (χ3v) is 5.81. The third kappa shape index (κ3) is 4.17. The van der Waals surface area contributed by atoms with Gasteiger partial charge in [-0.3, -0.25) is 4.90 Å². The van der Waals surface area contributed by atoms with Crippen molar-refractivity contribution in [2.45, 2.75) is 24.1 Å². The van der Waals surface area contributed by atoms with Gasteiger partial charge >= 0.3 is 6.09 Å². The topological polar surface area (TPSA) is 29.5 Å². The monoisotopic (exact) mass is 375 g/mol. The Kier molecular flexibility index (Phi) is 5.45. The first-order valence-electron chi connectivity index (χ1n) is 9.04. The van der Waals surface area contributed by atoms with Crippen LogP contribution in [-0.4, -0.2) is 16.7 Å². The minimum Gasteiger partial charge on any atom is -0.445 e. The molecule has 1 atom stereocenters. The van der Waals surface area contributed by atoms with Crippen LogP contribution >= 0.6 is 11.8 Å². The Labute approximate surface area is 164 Å². The van der Waals surface area contributed by atoms with Crippen LogP contribution in [0.15, 0.2) is 89.8 Å². The van der Waals surface area contributed by atoms with Crippen molar-refractivity contribution in [2.75, 3.05) is 5.75 Å². The molecule has 3 nitrogen and oxygen atoms in total. The standard InChI is InChI=1S/C23H21NO2S/c25-23(26-16-18-9-3-1-4-10-18)24-15-19-11-7-8-14-21(19)22(24)17-27-20-12-5-2-6-13-20/h1-14,22H,15-17H2. The summed E-state index contributed by atoms with van der Waals surface area (Å²) in [5.74, 6) is 0.807. The average molecular weight is 375 g/mol. The van der Waals surface area contributed by atoms with Gasteiger partial charge in [0.15, 0.2) is 0 Å². The molecule has 1 aliphatic rings. The number of nitrogens with zero attached hydrogens (tertiary/aromatic N) is 1. The molecule has 136 valence electrons. The molecule has 0 saturated carbocycles. The van der Waals surface area contributed by atoms with Gasteiger partial charge in [0, 0.05) is 10.6 Å². The molecule has 4 rings (SSSR count). The molecule has 3 aromatic rings. The second-order valence-corrected chi connectivity index (χ2v) is 7.60. The Balaban J connectivity index is 1.47. The molecular weight excluding hydrogens is 354 g/mol. The normalized spacial score (nSPS) is 15.4. The molecule has 0 radical (unpaired) electrons. The third-order valence-electron chi connectivity index (χ3n) is 4.72. The van der Waals surface area contributed by atoms with Crippen molar-refractivity contribution in [3.05, 3.63) is 102 Å². The lowest BCUT2D eigenvalue weighted by atomic mass is 10.1. The van der Waals surface area contributed by atoms with Gasteiger partial charge in [0.25, 0.3) is 0 Å². The van der Waals surface area contributed by atoms with E-state index in [0.29, 0.717) is 13.2 Å². The highest BCUT2D eigenvalue weighted by Gasteiger charge is 2.34. The van der Waals surface area contributed by atoms with Gasteiger partial charge < -0.3 is 4.74 Å². The molecule has 0 fully saturated rings. The number of rotatable bonds is 5. The second kappa shape index (κ2) is 8.31. The maximum absolute atomic E-state index is 12.8. The van der Waals surface area contributed by atoms with Crippen LogP contribution in [0.5, 0.6) is 0 Å². The fourth-order valence-corrected chi connectivity index (χ4v) is 4.39. The summed E-state index contributed by atoms with van der Waals surface area (Å²) >= 11 is 1.77. The van der Waals surface area contributed by atoms with Crippen molar-refractivity contribution in [1.82, 2.24) is 4.90 Å². The summed E-state index contributed by atoms with van der Waals surface area (Å²) in [4.78, 5) is 15.9.